The molecule has 0 aliphatic carbocycles. The van der Waals surface area contributed by atoms with Gasteiger partial charge in [-0.15, -0.1) is 0 Å². The van der Waals surface area contributed by atoms with E-state index in [0.717, 1.165) is 30.8 Å². The molecular weight excluding hydrogens is 214 g/mol. The van der Waals surface area contributed by atoms with Gasteiger partial charge in [0.2, 0.25) is 0 Å². The van der Waals surface area contributed by atoms with Crippen molar-refractivity contribution in [1.29, 1.82) is 0 Å². The summed E-state index contributed by atoms with van der Waals surface area (Å²) in [6, 6.07) is 7.98. The predicted octanol–water partition coefficient (Wildman–Crippen LogP) is 2.18. The molecule has 0 bridgehead atoms. The molecule has 0 amide bonds. The number of ether oxygens (including phenoxy) is 1. The van der Waals surface area contributed by atoms with Crippen LogP contribution in [0.3, 0.4) is 0 Å². The molecule has 1 heterocycles. The summed E-state index contributed by atoms with van der Waals surface area (Å²) in [6.07, 6.45) is 3.93. The quantitative estimate of drug-likeness (QED) is 0.868. The number of benzene rings is 1. The molecule has 0 saturated carbocycles. The van der Waals surface area contributed by atoms with Crippen molar-refractivity contribution in [2.24, 2.45) is 0 Å². The Balaban J connectivity index is 2.00. The lowest BCUT2D eigenvalue weighted by Gasteiger charge is -2.29. The number of nitrogens with zero attached hydrogens (tertiary/aromatic N) is 1. The van der Waals surface area contributed by atoms with Crippen LogP contribution in [0, 0.1) is 0 Å². The minimum absolute atomic E-state index is 0.0893. The molecule has 1 N–H and O–H groups in total. The Labute approximate surface area is 103 Å². The third kappa shape index (κ3) is 3.20. The normalized spacial score (nSPS) is 20.2. The zero-order valence-corrected chi connectivity index (χ0v) is 10.4. The Morgan fingerprint density at radius 3 is 2.88 bits per heavy atom. The van der Waals surface area contributed by atoms with Gasteiger partial charge in [0.05, 0.1) is 12.7 Å². The third-order valence-electron chi connectivity index (χ3n) is 3.32. The van der Waals surface area contributed by atoms with Crippen LogP contribution in [-0.4, -0.2) is 31.4 Å². The molecule has 2 rings (SSSR count). The maximum atomic E-state index is 9.32. The van der Waals surface area contributed by atoms with Crippen molar-refractivity contribution in [3.8, 4) is 0 Å². The van der Waals surface area contributed by atoms with Gasteiger partial charge in [-0.05, 0) is 25.3 Å². The topological polar surface area (TPSA) is 32.7 Å². The maximum absolute atomic E-state index is 9.32. The van der Waals surface area contributed by atoms with E-state index in [1.807, 2.05) is 24.3 Å². The summed E-state index contributed by atoms with van der Waals surface area (Å²) in [7, 11) is 2.06. The molecule has 1 unspecified atom stereocenters. The van der Waals surface area contributed by atoms with Gasteiger partial charge >= 0.3 is 0 Å². The highest BCUT2D eigenvalue weighted by molar-refractivity contribution is 5.52. The van der Waals surface area contributed by atoms with Gasteiger partial charge in [0.1, 0.15) is 0 Å². The number of aliphatic hydroxyl groups excluding tert-OH is 1. The lowest BCUT2D eigenvalue weighted by molar-refractivity contribution is 0.0216. The van der Waals surface area contributed by atoms with Crippen LogP contribution in [0.4, 0.5) is 5.69 Å². The van der Waals surface area contributed by atoms with E-state index in [9.17, 15) is 5.11 Å². The van der Waals surface area contributed by atoms with Crippen LogP contribution in [0.25, 0.3) is 0 Å². The Kier molecular flexibility index (Phi) is 4.40. The average Bonchev–Trinajstić information content (AvgIpc) is 2.40. The van der Waals surface area contributed by atoms with Gasteiger partial charge in [-0.2, -0.15) is 0 Å². The van der Waals surface area contributed by atoms with Gasteiger partial charge in [0.15, 0.2) is 0 Å². The van der Waals surface area contributed by atoms with Crippen LogP contribution in [0.15, 0.2) is 24.3 Å². The van der Waals surface area contributed by atoms with Crippen LogP contribution in [0.5, 0.6) is 0 Å². The van der Waals surface area contributed by atoms with Crippen LogP contribution in [0.2, 0.25) is 0 Å². The van der Waals surface area contributed by atoms with Crippen molar-refractivity contribution in [2.45, 2.75) is 32.0 Å². The zero-order valence-electron chi connectivity index (χ0n) is 10.4. The first kappa shape index (κ1) is 12.4. The van der Waals surface area contributed by atoms with E-state index >= 15 is 0 Å². The van der Waals surface area contributed by atoms with E-state index < -0.39 is 0 Å². The zero-order chi connectivity index (χ0) is 12.1. The van der Waals surface area contributed by atoms with Crippen molar-refractivity contribution in [2.75, 3.05) is 25.1 Å². The molecule has 0 radical (unpaired) electrons. The molecule has 17 heavy (non-hydrogen) atoms. The number of para-hydroxylation sites is 1. The van der Waals surface area contributed by atoms with E-state index in [0.29, 0.717) is 6.10 Å². The highest BCUT2D eigenvalue weighted by Crippen LogP contribution is 2.21. The molecule has 1 aliphatic rings. The molecule has 0 aromatic heterocycles. The summed E-state index contributed by atoms with van der Waals surface area (Å²) in [5.41, 5.74) is 2.08. The van der Waals surface area contributed by atoms with Crippen LogP contribution < -0.4 is 4.90 Å². The minimum atomic E-state index is 0.0893. The second-order valence-corrected chi connectivity index (χ2v) is 4.66. The van der Waals surface area contributed by atoms with E-state index in [4.69, 9.17) is 4.74 Å². The summed E-state index contributed by atoms with van der Waals surface area (Å²) in [4.78, 5) is 2.18. The molecule has 1 aliphatic heterocycles. The third-order valence-corrected chi connectivity index (χ3v) is 3.32. The van der Waals surface area contributed by atoms with E-state index in [1.165, 1.54) is 12.8 Å². The number of rotatable bonds is 4. The minimum Gasteiger partial charge on any atom is -0.392 e. The predicted molar refractivity (Wildman–Crippen MR) is 69.2 cm³/mol. The van der Waals surface area contributed by atoms with E-state index in [2.05, 4.69) is 11.9 Å². The maximum Gasteiger partial charge on any atom is 0.0749 e. The summed E-state index contributed by atoms with van der Waals surface area (Å²) in [6.45, 7) is 1.88. The molecule has 1 aromatic rings. The number of anilines is 1. The molecular formula is C14H21NO2. The Morgan fingerprint density at radius 2 is 2.18 bits per heavy atom. The lowest BCUT2D eigenvalue weighted by Crippen LogP contribution is -2.33. The Hall–Kier alpha value is -1.06. The summed E-state index contributed by atoms with van der Waals surface area (Å²) >= 11 is 0. The Bertz CT molecular complexity index is 348. The Morgan fingerprint density at radius 1 is 1.35 bits per heavy atom. The summed E-state index contributed by atoms with van der Waals surface area (Å²) < 4.78 is 5.74. The number of aliphatic hydroxyl groups is 1. The van der Waals surface area contributed by atoms with Crippen molar-refractivity contribution in [3.05, 3.63) is 29.8 Å². The SMILES string of the molecule is CN(CC1CCCCO1)c1ccccc1CO. The number of likely N-dealkylation sites (N-methyl/N-ethyl adjacent to an activating group) is 1. The van der Waals surface area contributed by atoms with Crippen LogP contribution in [0.1, 0.15) is 24.8 Å². The highest BCUT2D eigenvalue weighted by Gasteiger charge is 2.17. The molecule has 1 aromatic carbocycles. The lowest BCUT2D eigenvalue weighted by atomic mass is 10.1. The second-order valence-electron chi connectivity index (χ2n) is 4.66. The van der Waals surface area contributed by atoms with Gasteiger partial charge in [-0.1, -0.05) is 18.2 Å². The molecule has 1 fully saturated rings. The molecule has 3 nitrogen and oxygen atoms in total. The second kappa shape index (κ2) is 6.03. The first-order valence-corrected chi connectivity index (χ1v) is 6.33. The summed E-state index contributed by atoms with van der Waals surface area (Å²) in [5, 5.41) is 9.32. The first-order valence-electron chi connectivity index (χ1n) is 6.33. The van der Waals surface area contributed by atoms with Crippen LogP contribution >= 0.6 is 0 Å². The van der Waals surface area contributed by atoms with E-state index in [1.54, 1.807) is 0 Å². The largest absolute Gasteiger partial charge is 0.392 e. The fourth-order valence-electron chi connectivity index (χ4n) is 2.37. The van der Waals surface area contributed by atoms with Crippen molar-refractivity contribution in [3.63, 3.8) is 0 Å². The smallest absolute Gasteiger partial charge is 0.0749 e. The number of hydrogen-bond acceptors (Lipinski definition) is 3. The molecule has 3 heteroatoms. The highest BCUT2D eigenvalue weighted by atomic mass is 16.5. The van der Waals surface area contributed by atoms with Crippen molar-refractivity contribution in [1.82, 2.24) is 0 Å². The molecule has 94 valence electrons. The van der Waals surface area contributed by atoms with Crippen molar-refractivity contribution < 1.29 is 9.84 Å². The average molecular weight is 235 g/mol. The van der Waals surface area contributed by atoms with Gasteiger partial charge < -0.3 is 14.7 Å². The standard InChI is InChI=1S/C14H21NO2/c1-15(10-13-7-4-5-9-17-13)14-8-3-2-6-12(14)11-16/h2-3,6,8,13,16H,4-5,7,9-11H2,1H3. The van der Waals surface area contributed by atoms with Gasteiger partial charge in [0, 0.05) is 31.5 Å². The van der Waals surface area contributed by atoms with Crippen LogP contribution in [-0.2, 0) is 11.3 Å². The van der Waals surface area contributed by atoms with E-state index in [-0.39, 0.29) is 6.61 Å². The molecule has 1 saturated heterocycles. The number of hydrogen-bond donors (Lipinski definition) is 1. The molecule has 0 spiro atoms. The summed E-state index contributed by atoms with van der Waals surface area (Å²) in [5.74, 6) is 0. The fourth-order valence-corrected chi connectivity index (χ4v) is 2.37. The van der Waals surface area contributed by atoms with Gasteiger partial charge in [-0.25, -0.2) is 0 Å². The van der Waals surface area contributed by atoms with Gasteiger partial charge in [0.25, 0.3) is 0 Å². The fraction of sp³-hybridized carbons (Fsp3) is 0.571. The monoisotopic (exact) mass is 235 g/mol. The molecule has 1 atom stereocenters. The van der Waals surface area contributed by atoms with Gasteiger partial charge in [-0.3, -0.25) is 0 Å². The van der Waals surface area contributed by atoms with Crippen molar-refractivity contribution >= 4 is 5.69 Å². The first-order chi connectivity index (χ1) is 8.31.